The fraction of sp³-hybridized carbons (Fsp3) is 0.350. The standard InChI is InChI=1S/C20H13F9N/c1-3-13-8-11(2)9-15(16(13)14-6-4-12(10-30)5-7-14)17(21,19(24,25)26)18(22,23)20(27,28)29/h4-7,9H,3H2,1-2H3. The van der Waals surface area contributed by atoms with Crippen molar-refractivity contribution < 1.29 is 39.5 Å². The molecule has 0 amide bonds. The lowest BCUT2D eigenvalue weighted by Gasteiger charge is -2.37. The van der Waals surface area contributed by atoms with Gasteiger partial charge in [-0.15, -0.1) is 0 Å². The lowest BCUT2D eigenvalue weighted by molar-refractivity contribution is -0.389. The van der Waals surface area contributed by atoms with Gasteiger partial charge in [-0.05, 0) is 53.8 Å². The Balaban J connectivity index is 3.02. The van der Waals surface area contributed by atoms with Gasteiger partial charge in [0.15, 0.2) is 0 Å². The highest BCUT2D eigenvalue weighted by atomic mass is 19.4. The molecule has 30 heavy (non-hydrogen) atoms. The molecule has 0 aromatic heterocycles. The zero-order chi connectivity index (χ0) is 23.1. The van der Waals surface area contributed by atoms with Crippen LogP contribution in [0.1, 0.15) is 29.2 Å². The number of hydrogen-bond acceptors (Lipinski definition) is 1. The third-order valence-corrected chi connectivity index (χ3v) is 4.49. The van der Waals surface area contributed by atoms with Gasteiger partial charge >= 0.3 is 23.9 Å². The second-order valence-electron chi connectivity index (χ2n) is 6.49. The molecule has 0 aliphatic carbocycles. The summed E-state index contributed by atoms with van der Waals surface area (Å²) in [6.07, 6.45) is -13.6. The normalized spacial score (nSPS) is 14.9. The molecule has 0 saturated heterocycles. The highest BCUT2D eigenvalue weighted by Crippen LogP contribution is 2.60. The predicted octanol–water partition coefficient (Wildman–Crippen LogP) is 6.82. The van der Waals surface area contributed by atoms with Crippen LogP contribution < -0.4 is 0 Å². The molecule has 0 aliphatic rings. The molecule has 2 aromatic rings. The summed E-state index contributed by atoms with van der Waals surface area (Å²) in [7, 11) is 0. The highest BCUT2D eigenvalue weighted by molar-refractivity contribution is 5.74. The van der Waals surface area contributed by atoms with Crippen LogP contribution in [0.2, 0.25) is 0 Å². The van der Waals surface area contributed by atoms with E-state index in [0.29, 0.717) is 6.07 Å². The molecule has 0 bridgehead atoms. The van der Waals surface area contributed by atoms with E-state index in [1.165, 1.54) is 6.92 Å². The molecule has 0 N–H and O–H groups in total. The molecule has 1 unspecified atom stereocenters. The van der Waals surface area contributed by atoms with E-state index in [4.69, 9.17) is 5.26 Å². The second-order valence-corrected chi connectivity index (χ2v) is 6.49. The zero-order valence-corrected chi connectivity index (χ0v) is 15.4. The third kappa shape index (κ3) is 3.61. The maximum Gasteiger partial charge on any atom is 0.457 e. The van der Waals surface area contributed by atoms with Crippen LogP contribution in [0, 0.1) is 24.3 Å². The molecule has 2 rings (SSSR count). The molecule has 0 saturated carbocycles. The minimum absolute atomic E-state index is 0.0531. The van der Waals surface area contributed by atoms with E-state index in [0.717, 1.165) is 31.2 Å². The molecule has 0 spiro atoms. The van der Waals surface area contributed by atoms with Gasteiger partial charge in [0.2, 0.25) is 0 Å². The average Bonchev–Trinajstić information content (AvgIpc) is 2.64. The van der Waals surface area contributed by atoms with Crippen molar-refractivity contribution in [2.45, 2.75) is 44.2 Å². The molecular weight excluding hydrogens is 425 g/mol. The number of nitriles is 1. The van der Waals surface area contributed by atoms with Gasteiger partial charge in [-0.3, -0.25) is 0 Å². The lowest BCUT2D eigenvalue weighted by Crippen LogP contribution is -2.60. The lowest BCUT2D eigenvalue weighted by atomic mass is 9.79. The van der Waals surface area contributed by atoms with Gasteiger partial charge in [-0.2, -0.15) is 40.4 Å². The average molecular weight is 438 g/mol. The highest BCUT2D eigenvalue weighted by Gasteiger charge is 2.82. The van der Waals surface area contributed by atoms with Crippen molar-refractivity contribution in [1.82, 2.24) is 0 Å². The summed E-state index contributed by atoms with van der Waals surface area (Å²) in [6, 6.07) is 8.92. The Kier molecular flexibility index (Phi) is 5.91. The number of nitrogens with zero attached hydrogens (tertiary/aromatic N) is 1. The van der Waals surface area contributed by atoms with E-state index in [-0.39, 0.29) is 28.7 Å². The first-order chi connectivity index (χ1) is 13.6. The number of halogens is 9. The molecule has 1 nitrogen and oxygen atoms in total. The Morgan fingerprint density at radius 3 is 1.83 bits per heavy atom. The van der Waals surface area contributed by atoms with Crippen LogP contribution in [0.5, 0.6) is 0 Å². The van der Waals surface area contributed by atoms with Crippen LogP contribution in [0.25, 0.3) is 11.1 Å². The molecule has 0 fully saturated rings. The Hall–Kier alpha value is -2.70. The van der Waals surface area contributed by atoms with E-state index in [1.807, 2.05) is 0 Å². The Bertz CT molecular complexity index is 966. The van der Waals surface area contributed by atoms with Crippen molar-refractivity contribution in [3.05, 3.63) is 58.7 Å². The van der Waals surface area contributed by atoms with Crippen molar-refractivity contribution in [3.63, 3.8) is 0 Å². The van der Waals surface area contributed by atoms with Crippen molar-refractivity contribution in [1.29, 1.82) is 5.26 Å². The fourth-order valence-corrected chi connectivity index (χ4v) is 3.06. The summed E-state index contributed by atoms with van der Waals surface area (Å²) < 4.78 is 123. The van der Waals surface area contributed by atoms with Crippen molar-refractivity contribution in [3.8, 4) is 17.2 Å². The maximum atomic E-state index is 15.2. The number of benzene rings is 2. The van der Waals surface area contributed by atoms with Crippen molar-refractivity contribution in [2.24, 2.45) is 0 Å². The molecule has 1 radical (unpaired) electrons. The van der Waals surface area contributed by atoms with Crippen LogP contribution in [-0.2, 0) is 12.1 Å². The van der Waals surface area contributed by atoms with E-state index < -0.39 is 35.1 Å². The summed E-state index contributed by atoms with van der Waals surface area (Å²) in [5.74, 6) is -6.78. The molecule has 0 aliphatic heterocycles. The topological polar surface area (TPSA) is 23.8 Å². The molecule has 10 heteroatoms. The summed E-state index contributed by atoms with van der Waals surface area (Å²) in [6.45, 7) is 2.51. The van der Waals surface area contributed by atoms with Gasteiger partial charge in [0, 0.05) is 5.56 Å². The van der Waals surface area contributed by atoms with Crippen LogP contribution in [0.4, 0.5) is 39.5 Å². The largest absolute Gasteiger partial charge is 0.457 e. The number of hydrogen-bond donors (Lipinski definition) is 0. The van der Waals surface area contributed by atoms with Crippen molar-refractivity contribution in [2.75, 3.05) is 0 Å². The predicted molar refractivity (Wildman–Crippen MR) is 89.4 cm³/mol. The van der Waals surface area contributed by atoms with Gasteiger partial charge in [0.05, 0.1) is 11.6 Å². The van der Waals surface area contributed by atoms with Crippen LogP contribution in [0.15, 0.2) is 30.3 Å². The van der Waals surface area contributed by atoms with Gasteiger partial charge in [0.1, 0.15) is 0 Å². The zero-order valence-electron chi connectivity index (χ0n) is 15.4. The summed E-state index contributed by atoms with van der Waals surface area (Å²) in [4.78, 5) is 0. The summed E-state index contributed by atoms with van der Waals surface area (Å²) >= 11 is 0. The smallest absolute Gasteiger partial charge is 0.221 e. The number of alkyl halides is 9. The Labute approximate surface area is 165 Å². The third-order valence-electron chi connectivity index (χ3n) is 4.49. The van der Waals surface area contributed by atoms with Crippen molar-refractivity contribution >= 4 is 0 Å². The number of aryl methyl sites for hydroxylation is 2. The molecular formula is C20H13F9N. The van der Waals surface area contributed by atoms with Gasteiger partial charge < -0.3 is 0 Å². The number of rotatable bonds is 4. The van der Waals surface area contributed by atoms with E-state index in [9.17, 15) is 35.1 Å². The van der Waals surface area contributed by atoms with Gasteiger partial charge in [-0.1, -0.05) is 25.1 Å². The minimum Gasteiger partial charge on any atom is -0.221 e. The van der Waals surface area contributed by atoms with Crippen LogP contribution in [0.3, 0.4) is 0 Å². The molecule has 0 heterocycles. The van der Waals surface area contributed by atoms with Crippen LogP contribution >= 0.6 is 0 Å². The molecule has 2 aromatic carbocycles. The SMILES string of the molecule is CCc1[c]c(C)cc(C(F)(C(F)(F)F)C(F)(F)C(F)(F)F)c1-c1ccc(C#N)cc1. The minimum atomic E-state index is -6.82. The van der Waals surface area contributed by atoms with E-state index in [1.54, 1.807) is 6.07 Å². The Morgan fingerprint density at radius 1 is 0.900 bits per heavy atom. The van der Waals surface area contributed by atoms with Crippen LogP contribution in [-0.4, -0.2) is 18.3 Å². The monoisotopic (exact) mass is 438 g/mol. The second kappa shape index (κ2) is 7.52. The quantitative estimate of drug-likeness (QED) is 0.481. The van der Waals surface area contributed by atoms with Gasteiger partial charge in [0.25, 0.3) is 0 Å². The summed E-state index contributed by atoms with van der Waals surface area (Å²) in [5, 5.41) is 8.83. The molecule has 1 atom stereocenters. The first-order valence-electron chi connectivity index (χ1n) is 8.38. The van der Waals surface area contributed by atoms with Gasteiger partial charge in [-0.25, -0.2) is 4.39 Å². The summed E-state index contributed by atoms with van der Waals surface area (Å²) in [5.41, 5.74) is -9.35. The first-order valence-corrected chi connectivity index (χ1v) is 8.38. The van der Waals surface area contributed by atoms with E-state index >= 15 is 4.39 Å². The Morgan fingerprint density at radius 2 is 1.43 bits per heavy atom. The first kappa shape index (κ1) is 23.6. The fourth-order valence-electron chi connectivity index (χ4n) is 3.06. The molecule has 161 valence electrons. The maximum absolute atomic E-state index is 15.2. The van der Waals surface area contributed by atoms with E-state index in [2.05, 4.69) is 6.07 Å².